The lowest BCUT2D eigenvalue weighted by Crippen LogP contribution is -2.25. The van der Waals surface area contributed by atoms with Crippen LogP contribution in [0.4, 0.5) is 0 Å². The molecule has 3 rings (SSSR count). The second-order valence-corrected chi connectivity index (χ2v) is 6.63. The Bertz CT molecular complexity index is 667. The lowest BCUT2D eigenvalue weighted by Gasteiger charge is -2.28. The molecule has 22 heavy (non-hydrogen) atoms. The zero-order valence-corrected chi connectivity index (χ0v) is 14.3. The van der Waals surface area contributed by atoms with Gasteiger partial charge in [-0.15, -0.1) is 0 Å². The standard InChI is InChI=1S/C18H19Cl2NO/c1-21-7-3-4-12-10-16(22-2)5-6-17(12)18(21)13-8-14(19)11-15(20)9-13/h5-6,8-11,18H,3-4,7H2,1-2H3. The van der Waals surface area contributed by atoms with Crippen LogP contribution in [-0.2, 0) is 6.42 Å². The zero-order valence-electron chi connectivity index (χ0n) is 12.8. The van der Waals surface area contributed by atoms with Gasteiger partial charge in [-0.2, -0.15) is 0 Å². The van der Waals surface area contributed by atoms with E-state index < -0.39 is 0 Å². The maximum atomic E-state index is 6.21. The fraction of sp³-hybridized carbons (Fsp3) is 0.333. The second kappa shape index (κ2) is 6.49. The summed E-state index contributed by atoms with van der Waals surface area (Å²) in [5.41, 5.74) is 3.78. The molecule has 2 aromatic rings. The van der Waals surface area contributed by atoms with Crippen molar-refractivity contribution in [3.63, 3.8) is 0 Å². The summed E-state index contributed by atoms with van der Waals surface area (Å²) >= 11 is 12.4. The van der Waals surface area contributed by atoms with Gasteiger partial charge in [0.2, 0.25) is 0 Å². The number of hydrogen-bond acceptors (Lipinski definition) is 2. The van der Waals surface area contributed by atoms with E-state index in [4.69, 9.17) is 27.9 Å². The van der Waals surface area contributed by atoms with Crippen LogP contribution in [0.15, 0.2) is 36.4 Å². The molecule has 1 atom stereocenters. The Morgan fingerprint density at radius 3 is 2.50 bits per heavy atom. The van der Waals surface area contributed by atoms with Crippen molar-refractivity contribution in [1.29, 1.82) is 0 Å². The van der Waals surface area contributed by atoms with Gasteiger partial charge in [0.15, 0.2) is 0 Å². The van der Waals surface area contributed by atoms with Crippen LogP contribution in [0.5, 0.6) is 5.75 Å². The molecule has 1 aliphatic rings. The van der Waals surface area contributed by atoms with Crippen LogP contribution in [-0.4, -0.2) is 25.6 Å². The predicted molar refractivity (Wildman–Crippen MR) is 92.3 cm³/mol. The van der Waals surface area contributed by atoms with Crippen molar-refractivity contribution in [3.8, 4) is 5.75 Å². The third-order valence-corrected chi connectivity index (χ3v) is 4.68. The number of nitrogens with zero attached hydrogens (tertiary/aromatic N) is 1. The zero-order chi connectivity index (χ0) is 15.7. The van der Waals surface area contributed by atoms with Gasteiger partial charge < -0.3 is 4.74 Å². The number of benzene rings is 2. The van der Waals surface area contributed by atoms with E-state index in [1.807, 2.05) is 18.2 Å². The van der Waals surface area contributed by atoms with E-state index in [0.717, 1.165) is 30.7 Å². The number of aryl methyl sites for hydroxylation is 1. The van der Waals surface area contributed by atoms with E-state index in [0.29, 0.717) is 10.0 Å². The maximum absolute atomic E-state index is 6.21. The van der Waals surface area contributed by atoms with E-state index in [9.17, 15) is 0 Å². The molecule has 0 N–H and O–H groups in total. The van der Waals surface area contributed by atoms with Crippen molar-refractivity contribution in [2.45, 2.75) is 18.9 Å². The van der Waals surface area contributed by atoms with E-state index in [1.54, 1.807) is 13.2 Å². The van der Waals surface area contributed by atoms with Gasteiger partial charge in [-0.3, -0.25) is 4.90 Å². The normalized spacial score (nSPS) is 18.6. The summed E-state index contributed by atoms with van der Waals surface area (Å²) in [4.78, 5) is 2.36. The van der Waals surface area contributed by atoms with E-state index in [2.05, 4.69) is 24.1 Å². The molecule has 0 radical (unpaired) electrons. The first-order valence-electron chi connectivity index (χ1n) is 7.41. The van der Waals surface area contributed by atoms with Gasteiger partial charge in [-0.05, 0) is 73.5 Å². The van der Waals surface area contributed by atoms with Crippen LogP contribution in [0, 0.1) is 0 Å². The minimum atomic E-state index is 0.166. The molecule has 1 aliphatic heterocycles. The van der Waals surface area contributed by atoms with E-state index in [-0.39, 0.29) is 6.04 Å². The predicted octanol–water partition coefficient (Wildman–Crippen LogP) is 4.97. The quantitative estimate of drug-likeness (QED) is 0.768. The average molecular weight is 336 g/mol. The fourth-order valence-electron chi connectivity index (χ4n) is 3.24. The lowest BCUT2D eigenvalue weighted by atomic mass is 9.93. The van der Waals surface area contributed by atoms with Crippen molar-refractivity contribution >= 4 is 23.2 Å². The first kappa shape index (κ1) is 15.7. The Morgan fingerprint density at radius 1 is 1.09 bits per heavy atom. The number of halogens is 2. The highest BCUT2D eigenvalue weighted by molar-refractivity contribution is 6.34. The summed E-state index contributed by atoms with van der Waals surface area (Å²) in [6.45, 7) is 1.03. The number of rotatable bonds is 2. The molecule has 0 amide bonds. The molecular weight excluding hydrogens is 317 g/mol. The van der Waals surface area contributed by atoms with Gasteiger partial charge in [0.25, 0.3) is 0 Å². The van der Waals surface area contributed by atoms with Crippen molar-refractivity contribution in [2.75, 3.05) is 20.7 Å². The molecular formula is C18H19Cl2NO. The SMILES string of the molecule is COc1ccc2c(c1)CCCN(C)C2c1cc(Cl)cc(Cl)c1. The van der Waals surface area contributed by atoms with E-state index in [1.165, 1.54) is 11.1 Å². The van der Waals surface area contributed by atoms with Gasteiger partial charge in [-0.1, -0.05) is 29.3 Å². The monoisotopic (exact) mass is 335 g/mol. The van der Waals surface area contributed by atoms with Crippen LogP contribution in [0.25, 0.3) is 0 Å². The van der Waals surface area contributed by atoms with Gasteiger partial charge >= 0.3 is 0 Å². The van der Waals surface area contributed by atoms with Crippen LogP contribution in [0.1, 0.15) is 29.2 Å². The van der Waals surface area contributed by atoms with Gasteiger partial charge in [0, 0.05) is 10.0 Å². The Hall–Kier alpha value is -1.22. The smallest absolute Gasteiger partial charge is 0.119 e. The highest BCUT2D eigenvalue weighted by atomic mass is 35.5. The summed E-state index contributed by atoms with van der Waals surface area (Å²) in [6, 6.07) is 12.3. The Labute approximate surface area is 141 Å². The summed E-state index contributed by atoms with van der Waals surface area (Å²) in [5.74, 6) is 0.908. The van der Waals surface area contributed by atoms with Gasteiger partial charge in [-0.25, -0.2) is 0 Å². The topological polar surface area (TPSA) is 12.5 Å². The fourth-order valence-corrected chi connectivity index (χ4v) is 3.79. The molecule has 0 aliphatic carbocycles. The molecule has 0 saturated heterocycles. The first-order chi connectivity index (χ1) is 10.6. The van der Waals surface area contributed by atoms with Crippen LogP contribution in [0.3, 0.4) is 0 Å². The maximum Gasteiger partial charge on any atom is 0.119 e. The molecule has 1 unspecified atom stereocenters. The van der Waals surface area contributed by atoms with Crippen LogP contribution in [0.2, 0.25) is 10.0 Å². The van der Waals surface area contributed by atoms with Crippen LogP contribution < -0.4 is 4.74 Å². The van der Waals surface area contributed by atoms with Gasteiger partial charge in [0.1, 0.15) is 5.75 Å². The van der Waals surface area contributed by atoms with Crippen LogP contribution >= 0.6 is 23.2 Å². The molecule has 0 spiro atoms. The van der Waals surface area contributed by atoms with Gasteiger partial charge in [0.05, 0.1) is 13.2 Å². The minimum absolute atomic E-state index is 0.166. The highest BCUT2D eigenvalue weighted by Gasteiger charge is 2.25. The molecule has 116 valence electrons. The highest BCUT2D eigenvalue weighted by Crippen LogP contribution is 2.37. The molecule has 2 nitrogen and oxygen atoms in total. The van der Waals surface area contributed by atoms with E-state index >= 15 is 0 Å². The molecule has 2 aromatic carbocycles. The minimum Gasteiger partial charge on any atom is -0.497 e. The summed E-state index contributed by atoms with van der Waals surface area (Å²) in [7, 11) is 3.86. The summed E-state index contributed by atoms with van der Waals surface area (Å²) in [5, 5.41) is 1.35. The third-order valence-electron chi connectivity index (χ3n) is 4.24. The number of fused-ring (bicyclic) bond motifs is 1. The number of methoxy groups -OCH3 is 1. The molecule has 0 aromatic heterocycles. The number of ether oxygens (including phenoxy) is 1. The van der Waals surface area contributed by atoms with Crippen molar-refractivity contribution < 1.29 is 4.74 Å². The Morgan fingerprint density at radius 2 is 1.82 bits per heavy atom. The molecule has 0 saturated carbocycles. The summed E-state index contributed by atoms with van der Waals surface area (Å²) in [6.07, 6.45) is 2.18. The average Bonchev–Trinajstić information content (AvgIpc) is 2.63. The first-order valence-corrected chi connectivity index (χ1v) is 8.17. The molecule has 0 fully saturated rings. The Balaban J connectivity index is 2.13. The third kappa shape index (κ3) is 3.10. The van der Waals surface area contributed by atoms with Crippen molar-refractivity contribution in [3.05, 3.63) is 63.1 Å². The van der Waals surface area contributed by atoms with Crippen molar-refractivity contribution in [2.24, 2.45) is 0 Å². The largest absolute Gasteiger partial charge is 0.497 e. The Kier molecular flexibility index (Phi) is 4.62. The van der Waals surface area contributed by atoms with Crippen molar-refractivity contribution in [1.82, 2.24) is 4.90 Å². The summed E-state index contributed by atoms with van der Waals surface area (Å²) < 4.78 is 5.37. The molecule has 1 heterocycles. The second-order valence-electron chi connectivity index (χ2n) is 5.75. The number of hydrogen-bond donors (Lipinski definition) is 0. The molecule has 0 bridgehead atoms. The lowest BCUT2D eigenvalue weighted by molar-refractivity contribution is 0.284. The molecule has 4 heteroatoms.